The van der Waals surface area contributed by atoms with E-state index in [1.807, 2.05) is 0 Å². The zero-order chi connectivity index (χ0) is 19.5. The molecule has 140 valence electrons. The maximum absolute atomic E-state index is 12.9. The van der Waals surface area contributed by atoms with Crippen molar-refractivity contribution >= 4 is 35.0 Å². The number of amides is 1. The molecule has 0 radical (unpaired) electrons. The molecule has 0 spiro atoms. The summed E-state index contributed by atoms with van der Waals surface area (Å²) in [5, 5.41) is 9.92. The Kier molecular flexibility index (Phi) is 6.35. The van der Waals surface area contributed by atoms with Crippen LogP contribution in [0.1, 0.15) is 18.3 Å². The van der Waals surface area contributed by atoms with Gasteiger partial charge in [-0.1, -0.05) is 29.4 Å². The number of hydrogen-bond acceptors (Lipinski definition) is 4. The Morgan fingerprint density at radius 3 is 2.77 bits per heavy atom. The van der Waals surface area contributed by atoms with E-state index in [0.29, 0.717) is 17.5 Å². The number of nitrogens with zero attached hydrogens (tertiary/aromatic N) is 3. The van der Waals surface area contributed by atoms with E-state index in [9.17, 15) is 18.0 Å². The fourth-order valence-corrected chi connectivity index (χ4v) is 3.19. The minimum Gasteiger partial charge on any atom is -0.325 e. The third-order valence-electron chi connectivity index (χ3n) is 3.40. The van der Waals surface area contributed by atoms with Crippen LogP contribution < -0.4 is 5.32 Å². The first-order chi connectivity index (χ1) is 12.1. The lowest BCUT2D eigenvalue weighted by atomic mass is 10.2. The van der Waals surface area contributed by atoms with E-state index in [0.717, 1.165) is 23.9 Å². The first kappa shape index (κ1) is 20.3. The van der Waals surface area contributed by atoms with Gasteiger partial charge in [-0.25, -0.2) is 0 Å². The van der Waals surface area contributed by atoms with Gasteiger partial charge in [0.1, 0.15) is 5.82 Å². The van der Waals surface area contributed by atoms with Crippen molar-refractivity contribution in [3.8, 4) is 0 Å². The van der Waals surface area contributed by atoms with Gasteiger partial charge in [0.2, 0.25) is 5.91 Å². The molecule has 1 N–H and O–H groups in total. The van der Waals surface area contributed by atoms with Crippen LogP contribution in [0.15, 0.2) is 36.0 Å². The maximum Gasteiger partial charge on any atom is 0.417 e. The Labute approximate surface area is 157 Å². The number of carbonyl (C=O) groups is 1. The molecule has 0 aliphatic heterocycles. The van der Waals surface area contributed by atoms with Crippen molar-refractivity contribution in [1.82, 2.24) is 14.8 Å². The van der Waals surface area contributed by atoms with E-state index in [1.165, 1.54) is 6.07 Å². The summed E-state index contributed by atoms with van der Waals surface area (Å²) in [5.74, 6) is 0.212. The molecule has 10 heteroatoms. The van der Waals surface area contributed by atoms with Gasteiger partial charge in [-0.15, -0.1) is 16.8 Å². The molecule has 1 amide bonds. The molecule has 0 bridgehead atoms. The molecule has 0 unspecified atom stereocenters. The average molecular weight is 405 g/mol. The summed E-state index contributed by atoms with van der Waals surface area (Å²) in [4.78, 5) is 12.3. The topological polar surface area (TPSA) is 59.8 Å². The van der Waals surface area contributed by atoms with Gasteiger partial charge in [0, 0.05) is 12.2 Å². The van der Waals surface area contributed by atoms with E-state index >= 15 is 0 Å². The lowest BCUT2D eigenvalue weighted by Gasteiger charge is -2.14. The molecule has 0 fully saturated rings. The Morgan fingerprint density at radius 1 is 1.46 bits per heavy atom. The van der Waals surface area contributed by atoms with Gasteiger partial charge >= 0.3 is 6.18 Å². The van der Waals surface area contributed by atoms with E-state index in [1.54, 1.807) is 24.5 Å². The zero-order valence-electron chi connectivity index (χ0n) is 14.0. The molecule has 2 rings (SSSR count). The predicted molar refractivity (Wildman–Crippen MR) is 95.4 cm³/mol. The van der Waals surface area contributed by atoms with E-state index in [-0.39, 0.29) is 5.69 Å². The third kappa shape index (κ3) is 4.79. The molecule has 0 aliphatic rings. The average Bonchev–Trinajstić information content (AvgIpc) is 2.89. The number of nitrogens with one attached hydrogen (secondary N) is 1. The molecule has 0 saturated carbocycles. The number of benzene rings is 1. The van der Waals surface area contributed by atoms with Gasteiger partial charge in [-0.2, -0.15) is 13.2 Å². The smallest absolute Gasteiger partial charge is 0.325 e. The van der Waals surface area contributed by atoms with Crippen LogP contribution in [-0.4, -0.2) is 25.9 Å². The number of aromatic nitrogens is 3. The molecule has 0 aliphatic carbocycles. The molecule has 1 atom stereocenters. The van der Waals surface area contributed by atoms with Crippen molar-refractivity contribution in [1.29, 1.82) is 0 Å². The van der Waals surface area contributed by atoms with Gasteiger partial charge in [0.05, 0.1) is 15.8 Å². The highest BCUT2D eigenvalue weighted by molar-refractivity contribution is 8.00. The van der Waals surface area contributed by atoms with Gasteiger partial charge in [-0.05, 0) is 32.0 Å². The second kappa shape index (κ2) is 8.13. The largest absolute Gasteiger partial charge is 0.417 e. The van der Waals surface area contributed by atoms with E-state index < -0.39 is 27.9 Å². The van der Waals surface area contributed by atoms with Gasteiger partial charge in [-0.3, -0.25) is 4.79 Å². The fourth-order valence-electron chi connectivity index (χ4n) is 2.06. The lowest BCUT2D eigenvalue weighted by molar-refractivity contribution is -0.137. The summed E-state index contributed by atoms with van der Waals surface area (Å²) in [7, 11) is 0. The molecular formula is C16H16ClF3N4OS. The number of aryl methyl sites for hydroxylation is 1. The van der Waals surface area contributed by atoms with Gasteiger partial charge in [0.25, 0.3) is 0 Å². The van der Waals surface area contributed by atoms with E-state index in [4.69, 9.17) is 11.6 Å². The number of anilines is 1. The highest BCUT2D eigenvalue weighted by Gasteiger charge is 2.33. The van der Waals surface area contributed by atoms with Crippen molar-refractivity contribution in [2.24, 2.45) is 0 Å². The normalized spacial score (nSPS) is 12.7. The first-order valence-electron chi connectivity index (χ1n) is 7.48. The Balaban J connectivity index is 2.12. The van der Waals surface area contributed by atoms with Crippen molar-refractivity contribution in [2.45, 2.75) is 37.0 Å². The van der Waals surface area contributed by atoms with Crippen molar-refractivity contribution in [2.75, 3.05) is 5.32 Å². The van der Waals surface area contributed by atoms with E-state index in [2.05, 4.69) is 22.1 Å². The summed E-state index contributed by atoms with van der Waals surface area (Å²) in [6.07, 6.45) is -2.92. The quantitative estimate of drug-likeness (QED) is 0.566. The van der Waals surface area contributed by atoms with Gasteiger partial charge in [0.15, 0.2) is 5.16 Å². The number of carbonyl (C=O) groups excluding carboxylic acids is 1. The minimum atomic E-state index is -4.60. The molecule has 5 nitrogen and oxygen atoms in total. The molecule has 1 heterocycles. The number of alkyl halides is 3. The standard InChI is InChI=1S/C16H16ClF3N4OS/c1-4-7-24-10(3)22-23-15(24)26-9(2)14(25)21-11-5-6-13(17)12(8-11)16(18,19)20/h4-6,8-9H,1,7H2,2-3H3,(H,21,25)/t9-/m0/s1. The second-order valence-corrected chi connectivity index (χ2v) is 7.09. The Bertz CT molecular complexity index is 822. The summed E-state index contributed by atoms with van der Waals surface area (Å²) in [6.45, 7) is 7.55. The number of hydrogen-bond donors (Lipinski definition) is 1. The van der Waals surface area contributed by atoms with Crippen LogP contribution in [0.3, 0.4) is 0 Å². The second-order valence-electron chi connectivity index (χ2n) is 5.37. The monoisotopic (exact) mass is 404 g/mol. The number of thioether (sulfide) groups is 1. The molecular weight excluding hydrogens is 389 g/mol. The van der Waals surface area contributed by atoms with Gasteiger partial charge < -0.3 is 9.88 Å². The molecule has 1 aromatic carbocycles. The Hall–Kier alpha value is -2.00. The maximum atomic E-state index is 12.9. The molecule has 2 aromatic rings. The number of allylic oxidation sites excluding steroid dienone is 1. The van der Waals surface area contributed by atoms with Crippen LogP contribution in [0.4, 0.5) is 18.9 Å². The number of halogens is 4. The van der Waals surface area contributed by atoms with Crippen molar-refractivity contribution in [3.05, 3.63) is 47.3 Å². The summed E-state index contributed by atoms with van der Waals surface area (Å²) in [6, 6.07) is 3.22. The summed E-state index contributed by atoms with van der Waals surface area (Å²) < 4.78 is 40.5. The fraction of sp³-hybridized carbons (Fsp3) is 0.312. The predicted octanol–water partition coefficient (Wildman–Crippen LogP) is 4.56. The van der Waals surface area contributed by atoms with Crippen molar-refractivity contribution < 1.29 is 18.0 Å². The lowest BCUT2D eigenvalue weighted by Crippen LogP contribution is -2.23. The van der Waals surface area contributed by atoms with Crippen LogP contribution in [0.2, 0.25) is 5.02 Å². The molecule has 26 heavy (non-hydrogen) atoms. The highest BCUT2D eigenvalue weighted by atomic mass is 35.5. The number of rotatable bonds is 6. The summed E-state index contributed by atoms with van der Waals surface area (Å²) in [5.41, 5.74) is -0.985. The zero-order valence-corrected chi connectivity index (χ0v) is 15.5. The summed E-state index contributed by atoms with van der Waals surface area (Å²) >= 11 is 6.73. The van der Waals surface area contributed by atoms with Crippen LogP contribution in [0.25, 0.3) is 0 Å². The SMILES string of the molecule is C=CCn1c(C)nnc1S[C@@H](C)C(=O)Nc1ccc(Cl)c(C(F)(F)F)c1. The van der Waals surface area contributed by atoms with Crippen LogP contribution in [-0.2, 0) is 17.5 Å². The third-order valence-corrected chi connectivity index (χ3v) is 4.81. The minimum absolute atomic E-state index is 0.0166. The molecule has 0 saturated heterocycles. The van der Waals surface area contributed by atoms with Crippen LogP contribution in [0.5, 0.6) is 0 Å². The van der Waals surface area contributed by atoms with Crippen LogP contribution >= 0.6 is 23.4 Å². The highest BCUT2D eigenvalue weighted by Crippen LogP contribution is 2.36. The molecule has 1 aromatic heterocycles. The Morgan fingerprint density at radius 2 is 2.15 bits per heavy atom. The van der Waals surface area contributed by atoms with Crippen molar-refractivity contribution in [3.63, 3.8) is 0 Å². The first-order valence-corrected chi connectivity index (χ1v) is 8.74. The van der Waals surface area contributed by atoms with Crippen LogP contribution in [0, 0.1) is 6.92 Å².